The van der Waals surface area contributed by atoms with Crippen molar-refractivity contribution in [1.29, 1.82) is 0 Å². The molecule has 1 saturated carbocycles. The Hall–Kier alpha value is -1.39. The largest absolute Gasteiger partial charge is 0.481 e. The van der Waals surface area contributed by atoms with Gasteiger partial charge in [-0.2, -0.15) is 0 Å². The molecule has 5 heteroatoms. The molecule has 5 nitrogen and oxygen atoms in total. The van der Waals surface area contributed by atoms with E-state index in [0.29, 0.717) is 25.7 Å². The zero-order valence-electron chi connectivity index (χ0n) is 11.7. The summed E-state index contributed by atoms with van der Waals surface area (Å²) in [5.41, 5.74) is -1.31. The van der Waals surface area contributed by atoms with Gasteiger partial charge in [0.1, 0.15) is 0 Å². The molecule has 2 atom stereocenters. The lowest BCUT2D eigenvalue weighted by Crippen LogP contribution is -2.56. The van der Waals surface area contributed by atoms with Crippen molar-refractivity contribution in [3.05, 3.63) is 0 Å². The van der Waals surface area contributed by atoms with E-state index in [1.165, 1.54) is 4.90 Å². The number of aliphatic carboxylic acids is 1. The lowest BCUT2D eigenvalue weighted by atomic mass is 9.78. The molecule has 1 aliphatic heterocycles. The van der Waals surface area contributed by atoms with Gasteiger partial charge in [-0.25, -0.2) is 0 Å². The Labute approximate surface area is 113 Å². The maximum Gasteiger partial charge on any atom is 0.311 e. The fraction of sp³-hybridized carbons (Fsp3) is 0.786. The second kappa shape index (κ2) is 4.32. The average Bonchev–Trinajstić information content (AvgIpc) is 2.59. The standard InChI is InChI=1S/C14H21NO4/c1-13(2)7-10(16)15(11(17)8-13)9-5-4-6-14(9,3)12(18)19/h9H,4-8H2,1-3H3,(H,18,19). The van der Waals surface area contributed by atoms with Gasteiger partial charge in [-0.1, -0.05) is 20.3 Å². The maximum absolute atomic E-state index is 12.2. The van der Waals surface area contributed by atoms with Crippen molar-refractivity contribution in [2.24, 2.45) is 10.8 Å². The molecule has 1 N–H and O–H groups in total. The second-order valence-corrected chi connectivity index (χ2v) is 6.81. The first kappa shape index (κ1) is 14.0. The van der Waals surface area contributed by atoms with E-state index in [0.717, 1.165) is 6.42 Å². The molecule has 0 bridgehead atoms. The molecule has 19 heavy (non-hydrogen) atoms. The van der Waals surface area contributed by atoms with Crippen LogP contribution >= 0.6 is 0 Å². The number of piperidine rings is 1. The van der Waals surface area contributed by atoms with Gasteiger partial charge in [-0.05, 0) is 25.2 Å². The third-order valence-electron chi connectivity index (χ3n) is 4.51. The van der Waals surface area contributed by atoms with Crippen LogP contribution in [0.5, 0.6) is 0 Å². The molecule has 0 radical (unpaired) electrons. The van der Waals surface area contributed by atoms with E-state index in [-0.39, 0.29) is 17.2 Å². The van der Waals surface area contributed by atoms with E-state index < -0.39 is 17.4 Å². The molecular formula is C14H21NO4. The molecule has 2 fully saturated rings. The molecule has 0 aromatic rings. The van der Waals surface area contributed by atoms with Crippen LogP contribution in [0.3, 0.4) is 0 Å². The van der Waals surface area contributed by atoms with Gasteiger partial charge in [0, 0.05) is 12.8 Å². The van der Waals surface area contributed by atoms with E-state index in [4.69, 9.17) is 0 Å². The van der Waals surface area contributed by atoms with Crippen LogP contribution in [0, 0.1) is 10.8 Å². The van der Waals surface area contributed by atoms with E-state index in [9.17, 15) is 19.5 Å². The van der Waals surface area contributed by atoms with Crippen molar-refractivity contribution in [1.82, 2.24) is 4.90 Å². The Bertz CT molecular complexity index is 423. The van der Waals surface area contributed by atoms with E-state index in [1.54, 1.807) is 6.92 Å². The number of carboxylic acid groups (broad SMARTS) is 1. The highest BCUT2D eigenvalue weighted by Crippen LogP contribution is 2.44. The third-order valence-corrected chi connectivity index (χ3v) is 4.51. The van der Waals surface area contributed by atoms with Crippen LogP contribution in [0.25, 0.3) is 0 Å². The van der Waals surface area contributed by atoms with Crippen molar-refractivity contribution in [2.45, 2.75) is 58.9 Å². The molecule has 2 aliphatic rings. The van der Waals surface area contributed by atoms with E-state index in [2.05, 4.69) is 0 Å². The fourth-order valence-corrected chi connectivity index (χ4v) is 3.35. The van der Waals surface area contributed by atoms with Crippen molar-refractivity contribution in [3.8, 4) is 0 Å². The summed E-state index contributed by atoms with van der Waals surface area (Å²) in [6.45, 7) is 5.43. The molecule has 0 aromatic carbocycles. The minimum Gasteiger partial charge on any atom is -0.481 e. The summed E-state index contributed by atoms with van der Waals surface area (Å²) in [6, 6.07) is -0.485. The van der Waals surface area contributed by atoms with Crippen molar-refractivity contribution < 1.29 is 19.5 Å². The Balaban J connectivity index is 2.29. The fourth-order valence-electron chi connectivity index (χ4n) is 3.35. The van der Waals surface area contributed by atoms with Gasteiger partial charge < -0.3 is 5.11 Å². The molecule has 106 valence electrons. The first-order valence-corrected chi connectivity index (χ1v) is 6.76. The highest BCUT2D eigenvalue weighted by molar-refractivity contribution is 5.99. The van der Waals surface area contributed by atoms with Crippen LogP contribution in [0.1, 0.15) is 52.9 Å². The number of imide groups is 1. The van der Waals surface area contributed by atoms with Crippen molar-refractivity contribution in [3.63, 3.8) is 0 Å². The van der Waals surface area contributed by atoms with Gasteiger partial charge in [0.15, 0.2) is 0 Å². The van der Waals surface area contributed by atoms with Crippen LogP contribution in [0.4, 0.5) is 0 Å². The van der Waals surface area contributed by atoms with Crippen molar-refractivity contribution in [2.75, 3.05) is 0 Å². The van der Waals surface area contributed by atoms with Gasteiger partial charge in [0.2, 0.25) is 11.8 Å². The number of amides is 2. The monoisotopic (exact) mass is 267 g/mol. The summed E-state index contributed by atoms with van der Waals surface area (Å²) in [5, 5.41) is 9.40. The smallest absolute Gasteiger partial charge is 0.311 e. The van der Waals surface area contributed by atoms with Crippen LogP contribution in [0.15, 0.2) is 0 Å². The van der Waals surface area contributed by atoms with Gasteiger partial charge in [-0.3, -0.25) is 19.3 Å². The van der Waals surface area contributed by atoms with Crippen LogP contribution in [0.2, 0.25) is 0 Å². The number of rotatable bonds is 2. The summed E-state index contributed by atoms with van der Waals surface area (Å²) in [4.78, 5) is 37.2. The molecule has 1 heterocycles. The number of nitrogens with zero attached hydrogens (tertiary/aromatic N) is 1. The second-order valence-electron chi connectivity index (χ2n) is 6.81. The zero-order valence-corrected chi connectivity index (χ0v) is 11.7. The average molecular weight is 267 g/mol. The lowest BCUT2D eigenvalue weighted by Gasteiger charge is -2.41. The quantitative estimate of drug-likeness (QED) is 0.774. The summed E-state index contributed by atoms with van der Waals surface area (Å²) in [7, 11) is 0. The number of carboxylic acids is 1. The SMILES string of the molecule is CC1(C)CC(=O)N(C2CCCC2(C)C(=O)O)C(=O)C1. The molecule has 0 spiro atoms. The predicted octanol–water partition coefficient (Wildman–Crippen LogP) is 1.81. The number of carbonyl (C=O) groups excluding carboxylic acids is 2. The Kier molecular flexibility index (Phi) is 3.19. The van der Waals surface area contributed by atoms with Gasteiger partial charge in [0.25, 0.3) is 0 Å². The lowest BCUT2D eigenvalue weighted by molar-refractivity contribution is -0.162. The molecular weight excluding hydrogens is 246 g/mol. The summed E-state index contributed by atoms with van der Waals surface area (Å²) in [6.07, 6.45) is 2.48. The minimum absolute atomic E-state index is 0.222. The van der Waals surface area contributed by atoms with Gasteiger partial charge >= 0.3 is 5.97 Å². The topological polar surface area (TPSA) is 74.7 Å². The third kappa shape index (κ3) is 2.26. The summed E-state index contributed by atoms with van der Waals surface area (Å²) < 4.78 is 0. The van der Waals surface area contributed by atoms with Crippen molar-refractivity contribution >= 4 is 17.8 Å². The number of hydrogen-bond acceptors (Lipinski definition) is 3. The van der Waals surface area contributed by atoms with Crippen LogP contribution in [-0.4, -0.2) is 33.8 Å². The summed E-state index contributed by atoms with van der Waals surface area (Å²) >= 11 is 0. The highest BCUT2D eigenvalue weighted by Gasteiger charge is 2.52. The minimum atomic E-state index is -0.993. The first-order chi connectivity index (χ1) is 8.67. The highest BCUT2D eigenvalue weighted by atomic mass is 16.4. The molecule has 2 rings (SSSR count). The van der Waals surface area contributed by atoms with Crippen LogP contribution in [-0.2, 0) is 14.4 Å². The number of carbonyl (C=O) groups is 3. The molecule has 1 aliphatic carbocycles. The molecule has 2 unspecified atom stereocenters. The number of hydrogen-bond donors (Lipinski definition) is 1. The Morgan fingerprint density at radius 1 is 1.21 bits per heavy atom. The van der Waals surface area contributed by atoms with Crippen LogP contribution < -0.4 is 0 Å². The number of likely N-dealkylation sites (tertiary alicyclic amines) is 1. The van der Waals surface area contributed by atoms with Gasteiger partial charge in [0.05, 0.1) is 11.5 Å². The Morgan fingerprint density at radius 2 is 1.74 bits per heavy atom. The van der Waals surface area contributed by atoms with Gasteiger partial charge in [-0.15, -0.1) is 0 Å². The normalized spacial score (nSPS) is 34.7. The van der Waals surface area contributed by atoms with E-state index >= 15 is 0 Å². The van der Waals surface area contributed by atoms with E-state index in [1.807, 2.05) is 13.8 Å². The molecule has 1 saturated heterocycles. The summed E-state index contributed by atoms with van der Waals surface area (Å²) in [5.74, 6) is -1.36. The maximum atomic E-state index is 12.2. The first-order valence-electron chi connectivity index (χ1n) is 6.76. The predicted molar refractivity (Wildman–Crippen MR) is 68.2 cm³/mol. The molecule has 0 aromatic heterocycles. The zero-order chi connectivity index (χ0) is 14.4. The molecule has 2 amide bonds. The Morgan fingerprint density at radius 3 is 2.21 bits per heavy atom.